The van der Waals surface area contributed by atoms with E-state index >= 15 is 0 Å². The van der Waals surface area contributed by atoms with Gasteiger partial charge >= 0.3 is 0 Å². The Labute approximate surface area is 105 Å². The molecule has 0 amide bonds. The van der Waals surface area contributed by atoms with Crippen molar-refractivity contribution in [3.05, 3.63) is 42.7 Å². The predicted molar refractivity (Wildman–Crippen MR) is 71.6 cm³/mol. The average molecular weight is 239 g/mol. The highest BCUT2D eigenvalue weighted by molar-refractivity contribution is 5.90. The van der Waals surface area contributed by atoms with Crippen LogP contribution in [0.3, 0.4) is 0 Å². The molecule has 0 bridgehead atoms. The van der Waals surface area contributed by atoms with Gasteiger partial charge in [0.05, 0.1) is 17.3 Å². The second-order valence-electron chi connectivity index (χ2n) is 4.34. The van der Waals surface area contributed by atoms with Crippen molar-refractivity contribution in [3.63, 3.8) is 0 Å². The van der Waals surface area contributed by atoms with E-state index in [1.807, 2.05) is 20.2 Å². The number of aromatic nitrogens is 2. The van der Waals surface area contributed by atoms with Gasteiger partial charge in [-0.05, 0) is 12.1 Å². The van der Waals surface area contributed by atoms with Crippen molar-refractivity contribution in [2.45, 2.75) is 0 Å². The van der Waals surface area contributed by atoms with Gasteiger partial charge in [0, 0.05) is 37.6 Å². The molecular weight excluding hydrogens is 226 g/mol. The summed E-state index contributed by atoms with van der Waals surface area (Å²) in [6.45, 7) is 0. The van der Waals surface area contributed by atoms with Crippen LogP contribution < -0.4 is 4.90 Å². The summed E-state index contributed by atoms with van der Waals surface area (Å²) in [5.41, 5.74) is 3.89. The van der Waals surface area contributed by atoms with Gasteiger partial charge < -0.3 is 9.42 Å². The number of benzene rings is 1. The fraction of sp³-hybridized carbons (Fsp3) is 0.143. The van der Waals surface area contributed by atoms with Crippen LogP contribution in [-0.2, 0) is 0 Å². The molecule has 1 aromatic carbocycles. The highest BCUT2D eigenvalue weighted by Gasteiger charge is 2.08. The summed E-state index contributed by atoms with van der Waals surface area (Å²) in [6.07, 6.45) is 3.44. The largest absolute Gasteiger partial charge is 0.378 e. The van der Waals surface area contributed by atoms with Crippen LogP contribution in [0.1, 0.15) is 0 Å². The smallest absolute Gasteiger partial charge is 0.170 e. The monoisotopic (exact) mass is 239 g/mol. The SMILES string of the molecule is CN(C)c1ccc(-c2nccc3oncc23)cc1. The van der Waals surface area contributed by atoms with Gasteiger partial charge in [-0.3, -0.25) is 4.98 Å². The van der Waals surface area contributed by atoms with Crippen molar-refractivity contribution >= 4 is 16.7 Å². The Morgan fingerprint density at radius 3 is 2.56 bits per heavy atom. The van der Waals surface area contributed by atoms with Crippen LogP contribution in [0.15, 0.2) is 47.2 Å². The predicted octanol–water partition coefficient (Wildman–Crippen LogP) is 2.96. The van der Waals surface area contributed by atoms with E-state index in [2.05, 4.69) is 39.3 Å². The molecule has 18 heavy (non-hydrogen) atoms. The maximum Gasteiger partial charge on any atom is 0.170 e. The van der Waals surface area contributed by atoms with Crippen LogP contribution in [0.5, 0.6) is 0 Å². The van der Waals surface area contributed by atoms with Gasteiger partial charge in [-0.15, -0.1) is 0 Å². The number of rotatable bonds is 2. The standard InChI is InChI=1S/C14H13N3O/c1-17(2)11-5-3-10(4-6-11)14-12-9-16-18-13(12)7-8-15-14/h3-9H,1-2H3. The lowest BCUT2D eigenvalue weighted by atomic mass is 10.1. The molecule has 4 nitrogen and oxygen atoms in total. The van der Waals surface area contributed by atoms with Gasteiger partial charge in [0.25, 0.3) is 0 Å². The number of hydrogen-bond acceptors (Lipinski definition) is 4. The summed E-state index contributed by atoms with van der Waals surface area (Å²) in [6, 6.07) is 10.1. The number of hydrogen-bond donors (Lipinski definition) is 0. The first kappa shape index (κ1) is 10.8. The van der Waals surface area contributed by atoms with E-state index in [0.717, 1.165) is 27.9 Å². The lowest BCUT2D eigenvalue weighted by Gasteiger charge is -2.12. The molecule has 0 saturated carbocycles. The van der Waals surface area contributed by atoms with E-state index in [0.29, 0.717) is 0 Å². The van der Waals surface area contributed by atoms with Crippen molar-refractivity contribution in [3.8, 4) is 11.3 Å². The molecule has 2 aromatic heterocycles. The Balaban J connectivity index is 2.11. The first-order chi connectivity index (χ1) is 8.75. The fourth-order valence-electron chi connectivity index (χ4n) is 1.94. The lowest BCUT2D eigenvalue weighted by Crippen LogP contribution is -2.07. The maximum absolute atomic E-state index is 5.14. The molecule has 0 unspecified atom stereocenters. The first-order valence-electron chi connectivity index (χ1n) is 5.73. The van der Waals surface area contributed by atoms with Crippen molar-refractivity contribution in [1.82, 2.24) is 10.1 Å². The Bertz CT molecular complexity index is 671. The molecule has 0 fully saturated rings. The molecule has 0 aliphatic carbocycles. The topological polar surface area (TPSA) is 42.2 Å². The van der Waals surface area contributed by atoms with Crippen LogP contribution in [0.25, 0.3) is 22.2 Å². The molecule has 0 spiro atoms. The van der Waals surface area contributed by atoms with Crippen LogP contribution in [0.2, 0.25) is 0 Å². The van der Waals surface area contributed by atoms with Crippen molar-refractivity contribution < 1.29 is 4.52 Å². The minimum Gasteiger partial charge on any atom is -0.378 e. The lowest BCUT2D eigenvalue weighted by molar-refractivity contribution is 0.456. The Morgan fingerprint density at radius 2 is 1.83 bits per heavy atom. The molecule has 0 saturated heterocycles. The number of anilines is 1. The first-order valence-corrected chi connectivity index (χ1v) is 5.73. The Morgan fingerprint density at radius 1 is 1.06 bits per heavy atom. The summed E-state index contributed by atoms with van der Waals surface area (Å²) in [5, 5.41) is 4.75. The zero-order chi connectivity index (χ0) is 12.5. The summed E-state index contributed by atoms with van der Waals surface area (Å²) in [5.74, 6) is 0. The molecule has 2 heterocycles. The van der Waals surface area contributed by atoms with Crippen LogP contribution >= 0.6 is 0 Å². The Kier molecular flexibility index (Phi) is 2.48. The molecule has 0 aliphatic heterocycles. The summed E-state index contributed by atoms with van der Waals surface area (Å²) >= 11 is 0. The third-order valence-corrected chi connectivity index (χ3v) is 2.94. The van der Waals surface area contributed by atoms with E-state index in [4.69, 9.17) is 4.52 Å². The van der Waals surface area contributed by atoms with E-state index < -0.39 is 0 Å². The van der Waals surface area contributed by atoms with Gasteiger partial charge in [-0.2, -0.15) is 0 Å². The summed E-state index contributed by atoms with van der Waals surface area (Å²) in [4.78, 5) is 6.48. The molecule has 0 atom stereocenters. The number of pyridine rings is 1. The molecule has 4 heteroatoms. The van der Waals surface area contributed by atoms with Gasteiger partial charge in [0.2, 0.25) is 0 Å². The highest BCUT2D eigenvalue weighted by Crippen LogP contribution is 2.27. The zero-order valence-corrected chi connectivity index (χ0v) is 10.3. The molecule has 0 aliphatic rings. The Hall–Kier alpha value is -2.36. The number of fused-ring (bicyclic) bond motifs is 1. The van der Waals surface area contributed by atoms with Gasteiger partial charge in [-0.25, -0.2) is 0 Å². The van der Waals surface area contributed by atoms with Gasteiger partial charge in [0.1, 0.15) is 0 Å². The maximum atomic E-state index is 5.14. The average Bonchev–Trinajstić information content (AvgIpc) is 2.87. The molecular formula is C14H13N3O. The third kappa shape index (κ3) is 1.72. The minimum atomic E-state index is 0.761. The molecule has 3 rings (SSSR count). The summed E-state index contributed by atoms with van der Waals surface area (Å²) in [7, 11) is 4.04. The quantitative estimate of drug-likeness (QED) is 0.689. The second-order valence-corrected chi connectivity index (χ2v) is 4.34. The minimum absolute atomic E-state index is 0.761. The van der Waals surface area contributed by atoms with Crippen molar-refractivity contribution in [2.24, 2.45) is 0 Å². The van der Waals surface area contributed by atoms with E-state index in [-0.39, 0.29) is 0 Å². The van der Waals surface area contributed by atoms with Crippen LogP contribution in [0.4, 0.5) is 5.69 Å². The summed E-state index contributed by atoms with van der Waals surface area (Å²) < 4.78 is 5.14. The highest BCUT2D eigenvalue weighted by atomic mass is 16.5. The van der Waals surface area contributed by atoms with Crippen molar-refractivity contribution in [1.29, 1.82) is 0 Å². The number of nitrogens with zero attached hydrogens (tertiary/aromatic N) is 3. The van der Waals surface area contributed by atoms with Gasteiger partial charge in [-0.1, -0.05) is 17.3 Å². The molecule has 3 aromatic rings. The van der Waals surface area contributed by atoms with E-state index in [1.54, 1.807) is 12.4 Å². The zero-order valence-electron chi connectivity index (χ0n) is 10.3. The third-order valence-electron chi connectivity index (χ3n) is 2.94. The molecule has 90 valence electrons. The van der Waals surface area contributed by atoms with Crippen LogP contribution in [0, 0.1) is 0 Å². The fourth-order valence-corrected chi connectivity index (χ4v) is 1.94. The molecule has 0 N–H and O–H groups in total. The van der Waals surface area contributed by atoms with Crippen LogP contribution in [-0.4, -0.2) is 24.2 Å². The van der Waals surface area contributed by atoms with Gasteiger partial charge in [0.15, 0.2) is 5.58 Å². The van der Waals surface area contributed by atoms with Crippen molar-refractivity contribution in [2.75, 3.05) is 19.0 Å². The normalized spacial score (nSPS) is 10.8. The van der Waals surface area contributed by atoms with E-state index in [9.17, 15) is 0 Å². The second kappa shape index (κ2) is 4.14. The van der Waals surface area contributed by atoms with E-state index in [1.165, 1.54) is 0 Å². The molecule has 0 radical (unpaired) electrons.